The van der Waals surface area contributed by atoms with Crippen molar-refractivity contribution in [3.63, 3.8) is 0 Å². The first-order valence-corrected chi connectivity index (χ1v) is 13.3. The molecule has 0 saturated carbocycles. The van der Waals surface area contributed by atoms with E-state index in [-0.39, 0.29) is 5.41 Å². The van der Waals surface area contributed by atoms with Crippen LogP contribution in [0.15, 0.2) is 140 Å². The summed E-state index contributed by atoms with van der Waals surface area (Å²) < 4.78 is 2.48. The Morgan fingerprint density at radius 2 is 0.947 bits per heavy atom. The largest absolute Gasteiger partial charge is 0.309 e. The van der Waals surface area contributed by atoms with Crippen LogP contribution in [0.5, 0.6) is 0 Å². The van der Waals surface area contributed by atoms with Gasteiger partial charge < -0.3 is 4.57 Å². The van der Waals surface area contributed by atoms with Crippen molar-refractivity contribution < 1.29 is 0 Å². The fourth-order valence-electron chi connectivity index (χ4n) is 7.48. The second-order valence-corrected chi connectivity index (χ2v) is 10.5. The molecule has 176 valence electrons. The van der Waals surface area contributed by atoms with Crippen LogP contribution in [0.25, 0.3) is 49.7 Å². The summed E-state index contributed by atoms with van der Waals surface area (Å²) in [6.07, 6.45) is 0. The zero-order valence-electron chi connectivity index (χ0n) is 20.7. The van der Waals surface area contributed by atoms with Crippen molar-refractivity contribution in [1.29, 1.82) is 0 Å². The molecule has 0 fully saturated rings. The van der Waals surface area contributed by atoms with Gasteiger partial charge in [-0.25, -0.2) is 0 Å². The van der Waals surface area contributed by atoms with Crippen LogP contribution in [0.3, 0.4) is 0 Å². The Balaban J connectivity index is 1.54. The fraction of sp³-hybridized carbons (Fsp3) is 0.0270. The van der Waals surface area contributed by atoms with Gasteiger partial charge in [-0.1, -0.05) is 121 Å². The van der Waals surface area contributed by atoms with Crippen molar-refractivity contribution in [2.45, 2.75) is 5.41 Å². The van der Waals surface area contributed by atoms with Gasteiger partial charge >= 0.3 is 0 Å². The molecule has 1 heteroatoms. The molecule has 1 heterocycles. The van der Waals surface area contributed by atoms with Crippen LogP contribution in [0.4, 0.5) is 0 Å². The quantitative estimate of drug-likeness (QED) is 0.220. The second-order valence-electron chi connectivity index (χ2n) is 10.5. The van der Waals surface area contributed by atoms with E-state index in [4.69, 9.17) is 0 Å². The van der Waals surface area contributed by atoms with Gasteiger partial charge in [0.05, 0.1) is 16.4 Å². The first-order valence-electron chi connectivity index (χ1n) is 13.3. The minimum Gasteiger partial charge on any atom is -0.309 e. The molecule has 0 aliphatic heterocycles. The van der Waals surface area contributed by atoms with Crippen molar-refractivity contribution in [1.82, 2.24) is 4.57 Å². The van der Waals surface area contributed by atoms with E-state index in [1.807, 2.05) is 0 Å². The summed E-state index contributed by atoms with van der Waals surface area (Å²) >= 11 is 0. The predicted molar refractivity (Wildman–Crippen MR) is 157 cm³/mol. The molecule has 1 nitrogen and oxygen atoms in total. The molecule has 6 aromatic carbocycles. The standard InChI is InChI=1S/C37H23N/c1-2-12-24(13-3-1)38-34-21-11-7-16-27(34)28-22-23-33-35(36(28)38)29-17-6-10-20-32(29)37(33)30-18-8-4-14-25(30)26-15-5-9-19-31(26)37/h1-23H. The third-order valence-electron chi connectivity index (χ3n) is 8.81. The number of aromatic nitrogens is 1. The number of nitrogens with zero attached hydrogens (tertiary/aromatic N) is 1. The number of para-hydroxylation sites is 2. The number of hydrogen-bond donors (Lipinski definition) is 0. The lowest BCUT2D eigenvalue weighted by Crippen LogP contribution is -2.25. The molecule has 0 saturated heterocycles. The first kappa shape index (κ1) is 20.2. The number of fused-ring (bicyclic) bond motifs is 14. The Hall–Kier alpha value is -4.88. The van der Waals surface area contributed by atoms with E-state index in [0.717, 1.165) is 0 Å². The van der Waals surface area contributed by atoms with Gasteiger partial charge in [0.1, 0.15) is 0 Å². The highest BCUT2D eigenvalue weighted by Gasteiger charge is 2.52. The highest BCUT2D eigenvalue weighted by atomic mass is 15.0. The number of rotatable bonds is 1. The zero-order valence-corrected chi connectivity index (χ0v) is 20.7. The minimum absolute atomic E-state index is 0.328. The van der Waals surface area contributed by atoms with Gasteiger partial charge in [0.25, 0.3) is 0 Å². The molecule has 38 heavy (non-hydrogen) atoms. The molecule has 0 N–H and O–H groups in total. The summed E-state index contributed by atoms with van der Waals surface area (Å²) in [6.45, 7) is 0. The van der Waals surface area contributed by atoms with E-state index in [2.05, 4.69) is 144 Å². The molecule has 2 aliphatic rings. The molecule has 0 radical (unpaired) electrons. The van der Waals surface area contributed by atoms with E-state index in [1.54, 1.807) is 0 Å². The summed E-state index contributed by atoms with van der Waals surface area (Å²) in [5.41, 5.74) is 14.3. The van der Waals surface area contributed by atoms with E-state index < -0.39 is 0 Å². The summed E-state index contributed by atoms with van der Waals surface area (Å²) in [7, 11) is 0. The molecule has 0 unspecified atom stereocenters. The maximum Gasteiger partial charge on any atom is 0.0726 e. The van der Waals surface area contributed by atoms with Gasteiger partial charge in [-0.05, 0) is 57.1 Å². The fourth-order valence-corrected chi connectivity index (χ4v) is 7.48. The average molecular weight is 482 g/mol. The lowest BCUT2D eigenvalue weighted by Gasteiger charge is -2.30. The van der Waals surface area contributed by atoms with Crippen molar-refractivity contribution in [2.75, 3.05) is 0 Å². The Morgan fingerprint density at radius 3 is 1.66 bits per heavy atom. The van der Waals surface area contributed by atoms with Crippen LogP contribution >= 0.6 is 0 Å². The Morgan fingerprint density at radius 1 is 0.395 bits per heavy atom. The Bertz CT molecular complexity index is 2030. The number of hydrogen-bond acceptors (Lipinski definition) is 0. The van der Waals surface area contributed by atoms with Gasteiger partial charge in [0.2, 0.25) is 0 Å². The number of benzene rings is 6. The normalized spacial score (nSPS) is 14.0. The molecule has 0 bridgehead atoms. The summed E-state index contributed by atoms with van der Waals surface area (Å²) in [6, 6.07) is 51.6. The van der Waals surface area contributed by atoms with E-state index in [0.29, 0.717) is 0 Å². The van der Waals surface area contributed by atoms with Crippen molar-refractivity contribution in [3.05, 3.63) is 162 Å². The van der Waals surface area contributed by atoms with Crippen LogP contribution in [-0.4, -0.2) is 4.57 Å². The van der Waals surface area contributed by atoms with Gasteiger partial charge in [-0.2, -0.15) is 0 Å². The van der Waals surface area contributed by atoms with E-state index in [1.165, 1.54) is 72.0 Å². The zero-order chi connectivity index (χ0) is 24.8. The van der Waals surface area contributed by atoms with Gasteiger partial charge in [0, 0.05) is 22.0 Å². The maximum atomic E-state index is 2.48. The monoisotopic (exact) mass is 481 g/mol. The smallest absolute Gasteiger partial charge is 0.0726 e. The Kier molecular flexibility index (Phi) is 3.78. The lowest BCUT2D eigenvalue weighted by molar-refractivity contribution is 0.794. The minimum atomic E-state index is -0.328. The van der Waals surface area contributed by atoms with E-state index in [9.17, 15) is 0 Å². The molecule has 7 aromatic rings. The SMILES string of the molecule is c1ccc(-n2c3ccccc3c3ccc4c(c32)-c2ccccc2C42c3ccccc3-c3ccccc32)cc1. The van der Waals surface area contributed by atoms with Crippen LogP contribution < -0.4 is 0 Å². The van der Waals surface area contributed by atoms with Crippen LogP contribution in [0.2, 0.25) is 0 Å². The second kappa shape index (κ2) is 7.12. The molecule has 0 amide bonds. The molecular weight excluding hydrogens is 458 g/mol. The molecular formula is C37H23N. The molecule has 9 rings (SSSR count). The van der Waals surface area contributed by atoms with E-state index >= 15 is 0 Å². The van der Waals surface area contributed by atoms with Crippen LogP contribution in [0, 0.1) is 0 Å². The lowest BCUT2D eigenvalue weighted by atomic mass is 9.70. The molecule has 0 atom stereocenters. The van der Waals surface area contributed by atoms with Crippen LogP contribution in [0.1, 0.15) is 22.3 Å². The van der Waals surface area contributed by atoms with Crippen molar-refractivity contribution in [2.24, 2.45) is 0 Å². The maximum absolute atomic E-state index is 2.48. The summed E-state index contributed by atoms with van der Waals surface area (Å²) in [5.74, 6) is 0. The topological polar surface area (TPSA) is 4.93 Å². The summed E-state index contributed by atoms with van der Waals surface area (Å²) in [5, 5.41) is 2.59. The molecule has 1 aromatic heterocycles. The third-order valence-corrected chi connectivity index (χ3v) is 8.81. The van der Waals surface area contributed by atoms with Crippen molar-refractivity contribution in [3.8, 4) is 27.9 Å². The summed E-state index contributed by atoms with van der Waals surface area (Å²) in [4.78, 5) is 0. The van der Waals surface area contributed by atoms with Crippen LogP contribution in [-0.2, 0) is 5.41 Å². The Labute approximate surface area is 221 Å². The van der Waals surface area contributed by atoms with Gasteiger partial charge in [-0.15, -0.1) is 0 Å². The highest BCUT2D eigenvalue weighted by Crippen LogP contribution is 2.64. The highest BCUT2D eigenvalue weighted by molar-refractivity contribution is 6.16. The first-order chi connectivity index (χ1) is 18.9. The third kappa shape index (κ3) is 2.25. The average Bonchev–Trinajstić information content (AvgIpc) is 3.59. The molecule has 2 aliphatic carbocycles. The predicted octanol–water partition coefficient (Wildman–Crippen LogP) is 9.13. The molecule has 1 spiro atoms. The van der Waals surface area contributed by atoms with Crippen molar-refractivity contribution >= 4 is 21.8 Å². The van der Waals surface area contributed by atoms with Gasteiger partial charge in [-0.3, -0.25) is 0 Å². The van der Waals surface area contributed by atoms with Gasteiger partial charge in [0.15, 0.2) is 0 Å².